The van der Waals surface area contributed by atoms with Crippen LogP contribution in [0.5, 0.6) is 0 Å². The quantitative estimate of drug-likeness (QED) is 0.157. The van der Waals surface area contributed by atoms with Crippen LogP contribution in [-0.2, 0) is 40.4 Å². The molecule has 0 spiro atoms. The maximum absolute atomic E-state index is 13.7. The first-order chi connectivity index (χ1) is 19.2. The first-order valence-electron chi connectivity index (χ1n) is 12.7. The Morgan fingerprint density at radius 2 is 1.63 bits per heavy atom. The molecule has 0 fully saturated rings. The Hall–Kier alpha value is -4.04. The van der Waals surface area contributed by atoms with Gasteiger partial charge in [-0.3, -0.25) is 14.9 Å². The van der Waals surface area contributed by atoms with E-state index in [2.05, 4.69) is 5.32 Å². The second kappa shape index (κ2) is 14.6. The standard InChI is InChI=1S/C27H35N3O10S/c1-19(24(31)40-27(2,3)4)29(41(36,37)23-16-10-9-15-22(23)30(34)35)17-11-14-21(25(32)38-5)28-26(33)39-18-20-12-7-6-8-13-20/h6-10,12-13,15-16,19,21H,11,14,17-18H2,1-5H3,(H,28,33)/t19-,21-/m0/s1. The number of nitro groups is 1. The van der Waals surface area contributed by atoms with E-state index >= 15 is 0 Å². The molecule has 13 nitrogen and oxygen atoms in total. The molecule has 1 amide bonds. The van der Waals surface area contributed by atoms with E-state index in [4.69, 9.17) is 14.2 Å². The number of carbonyl (C=O) groups is 3. The number of ether oxygens (including phenoxy) is 3. The predicted octanol–water partition coefficient (Wildman–Crippen LogP) is 3.56. The number of sulfonamides is 1. The molecule has 0 radical (unpaired) electrons. The number of nitrogens with zero attached hydrogens (tertiary/aromatic N) is 2. The van der Waals surface area contributed by atoms with Crippen molar-refractivity contribution in [3.05, 3.63) is 70.3 Å². The molecule has 14 heteroatoms. The van der Waals surface area contributed by atoms with E-state index in [9.17, 15) is 32.9 Å². The van der Waals surface area contributed by atoms with Crippen molar-refractivity contribution in [2.45, 2.75) is 69.7 Å². The Morgan fingerprint density at radius 1 is 1.02 bits per heavy atom. The highest BCUT2D eigenvalue weighted by Gasteiger charge is 2.38. The molecule has 41 heavy (non-hydrogen) atoms. The molecule has 0 aromatic heterocycles. The molecular formula is C27H35N3O10S. The third-order valence-corrected chi connectivity index (χ3v) is 7.71. The molecule has 0 aliphatic carbocycles. The normalized spacial score (nSPS) is 13.1. The molecule has 2 aromatic carbocycles. The molecule has 2 aromatic rings. The Bertz CT molecular complexity index is 1330. The number of nitrogens with one attached hydrogen (secondary N) is 1. The molecule has 1 N–H and O–H groups in total. The van der Waals surface area contributed by atoms with Crippen LogP contribution in [0.15, 0.2) is 59.5 Å². The average Bonchev–Trinajstić information content (AvgIpc) is 2.92. The number of alkyl carbamates (subject to hydrolysis) is 1. The van der Waals surface area contributed by atoms with E-state index in [-0.39, 0.29) is 26.0 Å². The van der Waals surface area contributed by atoms with E-state index in [1.165, 1.54) is 19.1 Å². The van der Waals surface area contributed by atoms with Crippen molar-refractivity contribution < 1.29 is 41.9 Å². The summed E-state index contributed by atoms with van der Waals surface area (Å²) < 4.78 is 43.4. The van der Waals surface area contributed by atoms with Gasteiger partial charge in [-0.2, -0.15) is 4.31 Å². The van der Waals surface area contributed by atoms with Crippen molar-refractivity contribution >= 4 is 33.7 Å². The largest absolute Gasteiger partial charge is 0.467 e. The molecule has 0 unspecified atom stereocenters. The average molecular weight is 594 g/mol. The van der Waals surface area contributed by atoms with Gasteiger partial charge < -0.3 is 19.5 Å². The van der Waals surface area contributed by atoms with Crippen LogP contribution >= 0.6 is 0 Å². The van der Waals surface area contributed by atoms with Crippen LogP contribution < -0.4 is 5.32 Å². The van der Waals surface area contributed by atoms with Crippen LogP contribution in [0, 0.1) is 10.1 Å². The zero-order valence-electron chi connectivity index (χ0n) is 23.6. The van der Waals surface area contributed by atoms with E-state index < -0.39 is 61.2 Å². The minimum absolute atomic E-state index is 0.0458. The molecule has 0 saturated heterocycles. The fraction of sp³-hybridized carbons (Fsp3) is 0.444. The molecule has 2 atom stereocenters. The fourth-order valence-corrected chi connectivity index (χ4v) is 5.51. The number of para-hydroxylation sites is 1. The van der Waals surface area contributed by atoms with Crippen LogP contribution in [0.4, 0.5) is 10.5 Å². The number of nitro benzene ring substituents is 1. The summed E-state index contributed by atoms with van der Waals surface area (Å²) >= 11 is 0. The highest BCUT2D eigenvalue weighted by Crippen LogP contribution is 2.28. The van der Waals surface area contributed by atoms with Gasteiger partial charge in [0.1, 0.15) is 24.3 Å². The number of esters is 2. The maximum Gasteiger partial charge on any atom is 0.408 e. The third-order valence-electron chi connectivity index (χ3n) is 5.69. The monoisotopic (exact) mass is 593 g/mol. The van der Waals surface area contributed by atoms with Crippen molar-refractivity contribution in [2.24, 2.45) is 0 Å². The Kier molecular flexibility index (Phi) is 11.8. The van der Waals surface area contributed by atoms with Gasteiger partial charge in [-0.15, -0.1) is 0 Å². The van der Waals surface area contributed by atoms with Crippen LogP contribution in [-0.4, -0.2) is 67.0 Å². The number of rotatable bonds is 13. The summed E-state index contributed by atoms with van der Waals surface area (Å²) in [5.74, 6) is -1.67. The van der Waals surface area contributed by atoms with Gasteiger partial charge in [0, 0.05) is 12.6 Å². The van der Waals surface area contributed by atoms with Crippen LogP contribution in [0.1, 0.15) is 46.1 Å². The van der Waals surface area contributed by atoms with E-state index in [0.717, 1.165) is 29.1 Å². The number of amides is 1. The molecule has 0 bridgehead atoms. The molecule has 0 aliphatic heterocycles. The Balaban J connectivity index is 2.25. The lowest BCUT2D eigenvalue weighted by Gasteiger charge is -2.30. The number of carbonyl (C=O) groups excluding carboxylic acids is 3. The number of benzene rings is 2. The summed E-state index contributed by atoms with van der Waals surface area (Å²) in [5, 5.41) is 14.0. The number of hydrogen-bond acceptors (Lipinski definition) is 10. The number of hydrogen-bond donors (Lipinski definition) is 1. The van der Waals surface area contributed by atoms with E-state index in [0.29, 0.717) is 0 Å². The second-order valence-corrected chi connectivity index (χ2v) is 11.8. The fourth-order valence-electron chi connectivity index (χ4n) is 3.73. The van der Waals surface area contributed by atoms with Gasteiger partial charge in [-0.25, -0.2) is 18.0 Å². The van der Waals surface area contributed by atoms with E-state index in [1.54, 1.807) is 51.1 Å². The second-order valence-electron chi connectivity index (χ2n) is 9.97. The molecule has 2 rings (SSSR count). The van der Waals surface area contributed by atoms with Gasteiger partial charge in [-0.05, 0) is 52.2 Å². The maximum atomic E-state index is 13.7. The lowest BCUT2D eigenvalue weighted by molar-refractivity contribution is -0.387. The smallest absolute Gasteiger partial charge is 0.408 e. The summed E-state index contributed by atoms with van der Waals surface area (Å²) in [7, 11) is -3.47. The third kappa shape index (κ3) is 9.83. The SMILES string of the molecule is COC(=O)[C@H](CCCN([C@@H](C)C(=O)OC(C)(C)C)S(=O)(=O)c1ccccc1[N+](=O)[O-])NC(=O)OCc1ccccc1. The van der Waals surface area contributed by atoms with Gasteiger partial charge in [0.2, 0.25) is 0 Å². The summed E-state index contributed by atoms with van der Waals surface area (Å²) in [6, 6.07) is 11.1. The summed E-state index contributed by atoms with van der Waals surface area (Å²) in [6.07, 6.45) is -1.04. The molecule has 0 aliphatic rings. The predicted molar refractivity (Wildman–Crippen MR) is 147 cm³/mol. The van der Waals surface area contributed by atoms with Crippen molar-refractivity contribution in [1.29, 1.82) is 0 Å². The lowest BCUT2D eigenvalue weighted by Crippen LogP contribution is -2.47. The van der Waals surface area contributed by atoms with Crippen molar-refractivity contribution in [3.63, 3.8) is 0 Å². The molecular weight excluding hydrogens is 558 g/mol. The summed E-state index contributed by atoms with van der Waals surface area (Å²) in [5.41, 5.74) is -0.868. The Morgan fingerprint density at radius 3 is 2.22 bits per heavy atom. The van der Waals surface area contributed by atoms with Crippen molar-refractivity contribution in [1.82, 2.24) is 9.62 Å². The van der Waals surface area contributed by atoms with Gasteiger partial charge in [0.15, 0.2) is 4.90 Å². The number of methoxy groups -OCH3 is 1. The zero-order valence-corrected chi connectivity index (χ0v) is 24.4. The van der Waals surface area contributed by atoms with Crippen LogP contribution in [0.3, 0.4) is 0 Å². The molecule has 0 saturated carbocycles. The van der Waals surface area contributed by atoms with Gasteiger partial charge >= 0.3 is 18.0 Å². The van der Waals surface area contributed by atoms with Crippen LogP contribution in [0.25, 0.3) is 0 Å². The minimum Gasteiger partial charge on any atom is -0.467 e. The summed E-state index contributed by atoms with van der Waals surface area (Å²) in [4.78, 5) is 47.7. The molecule has 0 heterocycles. The topological polar surface area (TPSA) is 171 Å². The zero-order chi connectivity index (χ0) is 30.8. The lowest BCUT2D eigenvalue weighted by atomic mass is 10.1. The first-order valence-corrected chi connectivity index (χ1v) is 14.1. The van der Waals surface area contributed by atoms with Crippen LogP contribution in [0.2, 0.25) is 0 Å². The van der Waals surface area contributed by atoms with Gasteiger partial charge in [0.05, 0.1) is 12.0 Å². The first kappa shape index (κ1) is 33.2. The highest BCUT2D eigenvalue weighted by molar-refractivity contribution is 7.89. The highest BCUT2D eigenvalue weighted by atomic mass is 32.2. The van der Waals surface area contributed by atoms with Gasteiger partial charge in [-0.1, -0.05) is 42.5 Å². The van der Waals surface area contributed by atoms with E-state index in [1.807, 2.05) is 0 Å². The van der Waals surface area contributed by atoms with Crippen molar-refractivity contribution in [3.8, 4) is 0 Å². The summed E-state index contributed by atoms with van der Waals surface area (Å²) in [6.45, 7) is 5.75. The Labute approximate surface area is 239 Å². The van der Waals surface area contributed by atoms with Gasteiger partial charge in [0.25, 0.3) is 15.7 Å². The molecule has 224 valence electrons. The van der Waals surface area contributed by atoms with Crippen molar-refractivity contribution in [2.75, 3.05) is 13.7 Å². The minimum atomic E-state index is -4.60.